The maximum Gasteiger partial charge on any atom is 0.407 e. The van der Waals surface area contributed by atoms with Crippen LogP contribution in [0.4, 0.5) is 10.5 Å². The van der Waals surface area contributed by atoms with E-state index in [1.54, 1.807) is 13.2 Å². The highest BCUT2D eigenvalue weighted by atomic mass is 35.5. The van der Waals surface area contributed by atoms with Gasteiger partial charge in [-0.15, -0.1) is 0 Å². The van der Waals surface area contributed by atoms with Gasteiger partial charge in [-0.25, -0.2) is 4.79 Å². The summed E-state index contributed by atoms with van der Waals surface area (Å²) in [5, 5.41) is 9.55. The van der Waals surface area contributed by atoms with Crippen LogP contribution >= 0.6 is 11.6 Å². The minimum Gasteiger partial charge on any atom is -0.491 e. The Labute approximate surface area is 128 Å². The highest BCUT2D eigenvalue weighted by molar-refractivity contribution is 6.33. The van der Waals surface area contributed by atoms with Gasteiger partial charge < -0.3 is 24.4 Å². The predicted molar refractivity (Wildman–Crippen MR) is 80.6 cm³/mol. The van der Waals surface area contributed by atoms with Crippen molar-refractivity contribution in [2.45, 2.75) is 0 Å². The molecular weight excluding hydrogens is 296 g/mol. The number of hydrogen-bond donors (Lipinski definition) is 1. The van der Waals surface area contributed by atoms with Gasteiger partial charge in [0.2, 0.25) is 0 Å². The Morgan fingerprint density at radius 2 is 2.00 bits per heavy atom. The van der Waals surface area contributed by atoms with Crippen molar-refractivity contribution in [1.29, 1.82) is 0 Å². The van der Waals surface area contributed by atoms with E-state index in [-0.39, 0.29) is 0 Å². The Morgan fingerprint density at radius 1 is 1.29 bits per heavy atom. The molecular formula is C14H19ClN2O4. The van der Waals surface area contributed by atoms with Crippen LogP contribution in [-0.4, -0.2) is 62.6 Å². The standard InChI is InChI=1S/C14H19ClN2O4/c1-20-8-9-21-11-2-3-13(12(15)10-11)16-4-6-17(7-5-16)14(18)19/h2-3,10H,4-9H2,1H3,(H,18,19). The number of carbonyl (C=O) groups is 1. The van der Waals surface area contributed by atoms with Gasteiger partial charge in [0.1, 0.15) is 12.4 Å². The molecule has 0 bridgehead atoms. The van der Waals surface area contributed by atoms with Crippen molar-refractivity contribution < 1.29 is 19.4 Å². The van der Waals surface area contributed by atoms with Crippen LogP contribution in [0.15, 0.2) is 18.2 Å². The molecule has 1 N–H and O–H groups in total. The van der Waals surface area contributed by atoms with Crippen molar-refractivity contribution in [3.05, 3.63) is 23.2 Å². The number of carboxylic acid groups (broad SMARTS) is 1. The lowest BCUT2D eigenvalue weighted by Gasteiger charge is -2.35. The third-order valence-electron chi connectivity index (χ3n) is 3.37. The number of methoxy groups -OCH3 is 1. The molecule has 1 aromatic rings. The summed E-state index contributed by atoms with van der Waals surface area (Å²) in [6.45, 7) is 3.24. The van der Waals surface area contributed by atoms with Crippen LogP contribution in [0, 0.1) is 0 Å². The van der Waals surface area contributed by atoms with Crippen LogP contribution in [0.1, 0.15) is 0 Å². The summed E-state index contributed by atoms with van der Waals surface area (Å²) in [7, 11) is 1.62. The normalized spacial score (nSPS) is 15.1. The molecule has 1 aliphatic heterocycles. The van der Waals surface area contributed by atoms with Gasteiger partial charge in [0.15, 0.2) is 0 Å². The van der Waals surface area contributed by atoms with Crippen LogP contribution in [0.3, 0.4) is 0 Å². The molecule has 21 heavy (non-hydrogen) atoms. The topological polar surface area (TPSA) is 62.2 Å². The first-order valence-corrected chi connectivity index (χ1v) is 7.13. The average Bonchev–Trinajstić information content (AvgIpc) is 2.48. The van der Waals surface area contributed by atoms with E-state index >= 15 is 0 Å². The third-order valence-corrected chi connectivity index (χ3v) is 3.67. The van der Waals surface area contributed by atoms with Crippen molar-refractivity contribution >= 4 is 23.4 Å². The molecule has 0 unspecified atom stereocenters. The molecule has 1 heterocycles. The molecule has 0 aliphatic carbocycles. The fourth-order valence-corrected chi connectivity index (χ4v) is 2.51. The summed E-state index contributed by atoms with van der Waals surface area (Å²) >= 11 is 6.29. The van der Waals surface area contributed by atoms with Crippen molar-refractivity contribution in [3.8, 4) is 5.75 Å². The van der Waals surface area contributed by atoms with E-state index in [1.807, 2.05) is 12.1 Å². The van der Waals surface area contributed by atoms with Crippen molar-refractivity contribution in [3.63, 3.8) is 0 Å². The minimum atomic E-state index is -0.873. The Bertz CT molecular complexity index is 490. The highest BCUT2D eigenvalue weighted by Crippen LogP contribution is 2.30. The van der Waals surface area contributed by atoms with E-state index in [0.29, 0.717) is 50.2 Å². The zero-order valence-electron chi connectivity index (χ0n) is 11.9. The number of halogens is 1. The second-order valence-corrected chi connectivity index (χ2v) is 5.12. The number of piperazine rings is 1. The fourth-order valence-electron chi connectivity index (χ4n) is 2.22. The summed E-state index contributed by atoms with van der Waals surface area (Å²) in [6, 6.07) is 5.54. The van der Waals surface area contributed by atoms with Crippen LogP contribution in [-0.2, 0) is 4.74 Å². The van der Waals surface area contributed by atoms with Crippen molar-refractivity contribution in [2.75, 3.05) is 51.4 Å². The molecule has 7 heteroatoms. The molecule has 1 saturated heterocycles. The highest BCUT2D eigenvalue weighted by Gasteiger charge is 2.21. The number of rotatable bonds is 5. The molecule has 116 valence electrons. The number of benzene rings is 1. The minimum absolute atomic E-state index is 0.476. The van der Waals surface area contributed by atoms with E-state index in [4.69, 9.17) is 26.2 Å². The van der Waals surface area contributed by atoms with Gasteiger partial charge in [-0.2, -0.15) is 0 Å². The van der Waals surface area contributed by atoms with Crippen LogP contribution < -0.4 is 9.64 Å². The Morgan fingerprint density at radius 3 is 2.57 bits per heavy atom. The second-order valence-electron chi connectivity index (χ2n) is 4.71. The molecule has 0 saturated carbocycles. The first kappa shape index (κ1) is 15.7. The predicted octanol–water partition coefficient (Wildman–Crippen LogP) is 2.17. The number of hydrogen-bond acceptors (Lipinski definition) is 4. The smallest absolute Gasteiger partial charge is 0.407 e. The number of anilines is 1. The van der Waals surface area contributed by atoms with Gasteiger partial charge in [0.05, 0.1) is 17.3 Å². The first-order chi connectivity index (χ1) is 10.1. The Kier molecular flexibility index (Phi) is 5.52. The van der Waals surface area contributed by atoms with Gasteiger partial charge >= 0.3 is 6.09 Å². The third kappa shape index (κ3) is 4.15. The van der Waals surface area contributed by atoms with E-state index in [0.717, 1.165) is 5.69 Å². The molecule has 0 radical (unpaired) electrons. The fraction of sp³-hybridized carbons (Fsp3) is 0.500. The zero-order chi connectivity index (χ0) is 15.2. The van der Waals surface area contributed by atoms with Crippen molar-refractivity contribution in [2.24, 2.45) is 0 Å². The maximum atomic E-state index is 10.9. The molecule has 1 aromatic carbocycles. The number of nitrogens with zero attached hydrogens (tertiary/aromatic N) is 2. The lowest BCUT2D eigenvalue weighted by Crippen LogP contribution is -2.48. The van der Waals surface area contributed by atoms with Gasteiger partial charge in [-0.05, 0) is 12.1 Å². The van der Waals surface area contributed by atoms with Gasteiger partial charge in [-0.1, -0.05) is 11.6 Å². The monoisotopic (exact) mass is 314 g/mol. The first-order valence-electron chi connectivity index (χ1n) is 6.76. The quantitative estimate of drug-likeness (QED) is 0.844. The van der Waals surface area contributed by atoms with Gasteiger partial charge in [0, 0.05) is 39.4 Å². The van der Waals surface area contributed by atoms with E-state index < -0.39 is 6.09 Å². The summed E-state index contributed by atoms with van der Waals surface area (Å²) in [5.41, 5.74) is 0.904. The molecule has 1 aliphatic rings. The summed E-state index contributed by atoms with van der Waals surface area (Å²) < 4.78 is 10.4. The van der Waals surface area contributed by atoms with Crippen LogP contribution in [0.2, 0.25) is 5.02 Å². The lowest BCUT2D eigenvalue weighted by atomic mass is 10.2. The Balaban J connectivity index is 1.96. The summed E-state index contributed by atoms with van der Waals surface area (Å²) in [4.78, 5) is 14.4. The van der Waals surface area contributed by atoms with E-state index in [9.17, 15) is 4.79 Å². The Hall–Kier alpha value is -1.66. The van der Waals surface area contributed by atoms with Crippen LogP contribution in [0.25, 0.3) is 0 Å². The molecule has 0 aromatic heterocycles. The summed E-state index contributed by atoms with van der Waals surface area (Å²) in [6.07, 6.45) is -0.873. The zero-order valence-corrected chi connectivity index (χ0v) is 12.7. The number of amides is 1. The molecule has 1 amide bonds. The van der Waals surface area contributed by atoms with E-state index in [1.165, 1.54) is 4.90 Å². The average molecular weight is 315 g/mol. The number of ether oxygens (including phenoxy) is 2. The second kappa shape index (κ2) is 7.38. The maximum absolute atomic E-state index is 10.9. The van der Waals surface area contributed by atoms with E-state index in [2.05, 4.69) is 4.90 Å². The van der Waals surface area contributed by atoms with Gasteiger partial charge in [-0.3, -0.25) is 0 Å². The SMILES string of the molecule is COCCOc1ccc(N2CCN(C(=O)O)CC2)c(Cl)c1. The van der Waals surface area contributed by atoms with Gasteiger partial charge in [0.25, 0.3) is 0 Å². The largest absolute Gasteiger partial charge is 0.491 e. The molecule has 6 nitrogen and oxygen atoms in total. The molecule has 1 fully saturated rings. The molecule has 2 rings (SSSR count). The van der Waals surface area contributed by atoms with Crippen LogP contribution in [0.5, 0.6) is 5.75 Å². The lowest BCUT2D eigenvalue weighted by molar-refractivity contribution is 0.142. The molecule has 0 spiro atoms. The van der Waals surface area contributed by atoms with Crippen molar-refractivity contribution in [1.82, 2.24) is 4.90 Å². The molecule has 0 atom stereocenters. The summed E-state index contributed by atoms with van der Waals surface area (Å²) in [5.74, 6) is 0.699.